The minimum atomic E-state index is -0.882. The lowest BCUT2D eigenvalue weighted by Crippen LogP contribution is -2.14. The van der Waals surface area contributed by atoms with E-state index in [1.165, 1.54) is 13.2 Å². The number of rotatable bonds is 6. The number of pyridine rings is 1. The quantitative estimate of drug-likeness (QED) is 0.487. The van der Waals surface area contributed by atoms with E-state index in [2.05, 4.69) is 15.2 Å². The Balaban J connectivity index is 1.99. The van der Waals surface area contributed by atoms with Gasteiger partial charge in [0.1, 0.15) is 16.8 Å². The number of esters is 1. The molecule has 0 aliphatic rings. The molecule has 0 N–H and O–H groups in total. The summed E-state index contributed by atoms with van der Waals surface area (Å²) in [5.74, 6) is -0.430. The van der Waals surface area contributed by atoms with Gasteiger partial charge in [0.15, 0.2) is 11.0 Å². The number of aromatic nitrogens is 4. The predicted molar refractivity (Wildman–Crippen MR) is 95.9 cm³/mol. The van der Waals surface area contributed by atoms with Gasteiger partial charge in [0, 0.05) is 18.3 Å². The SMILES string of the molecule is CCn1c(S[C@@H](C(=O)OC)c2ccccc2F)nnc1-c1ccccn1. The van der Waals surface area contributed by atoms with E-state index in [0.29, 0.717) is 23.2 Å². The fourth-order valence-electron chi connectivity index (χ4n) is 2.48. The third-order valence-electron chi connectivity index (χ3n) is 3.75. The molecule has 2 aromatic heterocycles. The van der Waals surface area contributed by atoms with Crippen LogP contribution in [0.15, 0.2) is 53.8 Å². The maximum atomic E-state index is 14.2. The zero-order chi connectivity index (χ0) is 18.5. The Hall–Kier alpha value is -2.74. The summed E-state index contributed by atoms with van der Waals surface area (Å²) in [6.07, 6.45) is 1.67. The smallest absolute Gasteiger partial charge is 0.323 e. The molecule has 26 heavy (non-hydrogen) atoms. The number of halogens is 1. The highest BCUT2D eigenvalue weighted by Gasteiger charge is 2.28. The summed E-state index contributed by atoms with van der Waals surface area (Å²) in [6, 6.07) is 11.6. The molecule has 3 aromatic rings. The van der Waals surface area contributed by atoms with Crippen LogP contribution in [0.4, 0.5) is 4.39 Å². The summed E-state index contributed by atoms with van der Waals surface area (Å²) in [5.41, 5.74) is 0.920. The van der Waals surface area contributed by atoms with E-state index in [0.717, 1.165) is 11.8 Å². The average Bonchev–Trinajstić information content (AvgIpc) is 3.09. The van der Waals surface area contributed by atoms with Gasteiger partial charge in [-0.2, -0.15) is 0 Å². The molecule has 2 heterocycles. The van der Waals surface area contributed by atoms with Crippen molar-refractivity contribution < 1.29 is 13.9 Å². The summed E-state index contributed by atoms with van der Waals surface area (Å²) in [7, 11) is 1.28. The second-order valence-corrected chi connectivity index (χ2v) is 6.38. The minimum Gasteiger partial charge on any atom is -0.468 e. The average molecular weight is 372 g/mol. The Labute approximate surface area is 154 Å². The third-order valence-corrected chi connectivity index (χ3v) is 4.95. The number of nitrogens with zero attached hydrogens (tertiary/aromatic N) is 4. The summed E-state index contributed by atoms with van der Waals surface area (Å²) in [6.45, 7) is 2.52. The lowest BCUT2D eigenvalue weighted by molar-refractivity contribution is -0.140. The number of benzene rings is 1. The molecular weight excluding hydrogens is 355 g/mol. The fourth-order valence-corrected chi connectivity index (χ4v) is 3.64. The van der Waals surface area contributed by atoms with Crippen LogP contribution in [0.5, 0.6) is 0 Å². The number of thioether (sulfide) groups is 1. The molecule has 0 amide bonds. The lowest BCUT2D eigenvalue weighted by atomic mass is 10.1. The fraction of sp³-hybridized carbons (Fsp3) is 0.222. The molecule has 0 radical (unpaired) electrons. The molecule has 0 bridgehead atoms. The van der Waals surface area contributed by atoms with Crippen molar-refractivity contribution in [2.24, 2.45) is 0 Å². The van der Waals surface area contributed by atoms with Gasteiger partial charge in [0.2, 0.25) is 0 Å². The van der Waals surface area contributed by atoms with Crippen molar-refractivity contribution in [2.45, 2.75) is 23.9 Å². The van der Waals surface area contributed by atoms with E-state index in [4.69, 9.17) is 4.74 Å². The highest BCUT2D eigenvalue weighted by Crippen LogP contribution is 2.37. The zero-order valence-corrected chi connectivity index (χ0v) is 15.1. The normalized spacial score (nSPS) is 12.0. The molecule has 0 aliphatic heterocycles. The van der Waals surface area contributed by atoms with Crippen LogP contribution in [0, 0.1) is 5.82 Å². The van der Waals surface area contributed by atoms with Crippen LogP contribution in [0.2, 0.25) is 0 Å². The molecule has 1 aromatic carbocycles. The lowest BCUT2D eigenvalue weighted by Gasteiger charge is -2.15. The van der Waals surface area contributed by atoms with Crippen molar-refractivity contribution in [3.63, 3.8) is 0 Å². The second-order valence-electron chi connectivity index (χ2n) is 5.31. The van der Waals surface area contributed by atoms with Crippen molar-refractivity contribution in [1.29, 1.82) is 0 Å². The molecule has 0 spiro atoms. The van der Waals surface area contributed by atoms with E-state index in [-0.39, 0.29) is 5.56 Å². The van der Waals surface area contributed by atoms with Gasteiger partial charge in [-0.3, -0.25) is 9.78 Å². The topological polar surface area (TPSA) is 69.9 Å². The highest BCUT2D eigenvalue weighted by molar-refractivity contribution is 8.00. The Morgan fingerprint density at radius 1 is 1.23 bits per heavy atom. The number of carbonyl (C=O) groups is 1. The Bertz CT molecular complexity index is 901. The maximum Gasteiger partial charge on any atom is 0.323 e. The van der Waals surface area contributed by atoms with Crippen molar-refractivity contribution in [3.8, 4) is 11.5 Å². The van der Waals surface area contributed by atoms with Gasteiger partial charge in [0.05, 0.1) is 7.11 Å². The summed E-state index contributed by atoms with van der Waals surface area (Å²) >= 11 is 1.10. The van der Waals surface area contributed by atoms with Crippen LogP contribution >= 0.6 is 11.8 Å². The summed E-state index contributed by atoms with van der Waals surface area (Å²) in [5, 5.41) is 7.99. The van der Waals surface area contributed by atoms with Crippen molar-refractivity contribution in [2.75, 3.05) is 7.11 Å². The number of hydrogen-bond acceptors (Lipinski definition) is 6. The molecule has 134 valence electrons. The highest BCUT2D eigenvalue weighted by atomic mass is 32.2. The number of hydrogen-bond donors (Lipinski definition) is 0. The third kappa shape index (κ3) is 3.60. The number of methoxy groups -OCH3 is 1. The van der Waals surface area contributed by atoms with Crippen molar-refractivity contribution in [3.05, 3.63) is 60.0 Å². The molecule has 6 nitrogen and oxygen atoms in total. The van der Waals surface area contributed by atoms with E-state index >= 15 is 0 Å². The van der Waals surface area contributed by atoms with Crippen molar-refractivity contribution in [1.82, 2.24) is 19.7 Å². The summed E-state index contributed by atoms with van der Waals surface area (Å²) < 4.78 is 20.9. The first-order valence-corrected chi connectivity index (χ1v) is 8.87. The van der Waals surface area contributed by atoms with Crippen LogP contribution in [-0.2, 0) is 16.1 Å². The molecule has 0 saturated heterocycles. The van der Waals surface area contributed by atoms with E-state index in [1.54, 1.807) is 24.4 Å². The molecule has 0 aliphatic carbocycles. The number of carbonyl (C=O) groups excluding carboxylic acids is 1. The Morgan fingerprint density at radius 3 is 2.65 bits per heavy atom. The minimum absolute atomic E-state index is 0.245. The summed E-state index contributed by atoms with van der Waals surface area (Å²) in [4.78, 5) is 16.6. The molecule has 0 unspecified atom stereocenters. The first kappa shape index (κ1) is 18.1. The molecule has 1 atom stereocenters. The van der Waals surface area contributed by atoms with Gasteiger partial charge in [-0.25, -0.2) is 4.39 Å². The van der Waals surface area contributed by atoms with Gasteiger partial charge in [-0.1, -0.05) is 36.0 Å². The van der Waals surface area contributed by atoms with Gasteiger partial charge >= 0.3 is 5.97 Å². The molecule has 0 saturated carbocycles. The molecule has 8 heteroatoms. The number of ether oxygens (including phenoxy) is 1. The Kier molecular flexibility index (Phi) is 5.62. The van der Waals surface area contributed by atoms with Gasteiger partial charge in [0.25, 0.3) is 0 Å². The van der Waals surface area contributed by atoms with Gasteiger partial charge < -0.3 is 9.30 Å². The molecule has 3 rings (SSSR count). The van der Waals surface area contributed by atoms with E-state index in [9.17, 15) is 9.18 Å². The van der Waals surface area contributed by atoms with Crippen molar-refractivity contribution >= 4 is 17.7 Å². The van der Waals surface area contributed by atoms with Crippen LogP contribution in [0.3, 0.4) is 0 Å². The predicted octanol–water partition coefficient (Wildman–Crippen LogP) is 3.51. The van der Waals surface area contributed by atoms with E-state index in [1.807, 2.05) is 29.7 Å². The van der Waals surface area contributed by atoms with Crippen LogP contribution in [0.1, 0.15) is 17.7 Å². The van der Waals surface area contributed by atoms with Crippen LogP contribution < -0.4 is 0 Å². The first-order valence-electron chi connectivity index (χ1n) is 7.99. The first-order chi connectivity index (χ1) is 12.7. The molecular formula is C18H17FN4O2S. The largest absolute Gasteiger partial charge is 0.468 e. The second kappa shape index (κ2) is 8.09. The zero-order valence-electron chi connectivity index (χ0n) is 14.3. The van der Waals surface area contributed by atoms with Gasteiger partial charge in [-0.15, -0.1) is 10.2 Å². The Morgan fingerprint density at radius 2 is 2.00 bits per heavy atom. The van der Waals surface area contributed by atoms with E-state index < -0.39 is 17.0 Å². The van der Waals surface area contributed by atoms with Crippen LogP contribution in [-0.4, -0.2) is 32.8 Å². The monoisotopic (exact) mass is 372 g/mol. The van der Waals surface area contributed by atoms with Gasteiger partial charge in [-0.05, 0) is 25.1 Å². The standard InChI is InChI=1S/C18H17FN4O2S/c1-3-23-16(14-10-6-7-11-20-14)21-22-18(23)26-15(17(24)25-2)12-8-4-5-9-13(12)19/h4-11,15H,3H2,1-2H3/t15-/m1/s1. The van der Waals surface area contributed by atoms with Crippen LogP contribution in [0.25, 0.3) is 11.5 Å². The maximum absolute atomic E-state index is 14.2. The molecule has 0 fully saturated rings.